The first-order valence-electron chi connectivity index (χ1n) is 9.76. The number of ketones is 1. The van der Waals surface area contributed by atoms with Gasteiger partial charge in [-0.25, -0.2) is 4.79 Å². The molecule has 0 aliphatic carbocycles. The zero-order valence-electron chi connectivity index (χ0n) is 17.3. The molecule has 1 amide bonds. The summed E-state index contributed by atoms with van der Waals surface area (Å²) in [5.41, 5.74) is 2.83. The highest BCUT2D eigenvalue weighted by Crippen LogP contribution is 2.28. The van der Waals surface area contributed by atoms with E-state index in [9.17, 15) is 14.4 Å². The van der Waals surface area contributed by atoms with Crippen LogP contribution in [0.1, 0.15) is 35.3 Å². The number of rotatable bonds is 7. The number of hydrogen-bond donors (Lipinski definition) is 0. The summed E-state index contributed by atoms with van der Waals surface area (Å²) in [6, 6.07) is 12.7. The molecule has 0 spiro atoms. The van der Waals surface area contributed by atoms with Crippen LogP contribution < -0.4 is 9.47 Å². The van der Waals surface area contributed by atoms with E-state index in [1.165, 1.54) is 19.6 Å². The molecule has 0 bridgehead atoms. The molecule has 30 heavy (non-hydrogen) atoms. The van der Waals surface area contributed by atoms with Gasteiger partial charge in [-0.1, -0.05) is 24.3 Å². The van der Waals surface area contributed by atoms with Crippen molar-refractivity contribution in [3.8, 4) is 11.5 Å². The Balaban J connectivity index is 1.54. The molecule has 1 atom stereocenters. The van der Waals surface area contributed by atoms with E-state index in [1.807, 2.05) is 18.2 Å². The van der Waals surface area contributed by atoms with E-state index in [4.69, 9.17) is 14.2 Å². The summed E-state index contributed by atoms with van der Waals surface area (Å²) in [5.74, 6) is -0.350. The molecule has 7 nitrogen and oxygen atoms in total. The summed E-state index contributed by atoms with van der Waals surface area (Å²) in [6.07, 6.45) is -0.129. The maximum Gasteiger partial charge on any atom is 0.344 e. The predicted molar refractivity (Wildman–Crippen MR) is 110 cm³/mol. The Bertz CT molecular complexity index is 954. The molecule has 0 saturated carbocycles. The van der Waals surface area contributed by atoms with Crippen LogP contribution in [0.15, 0.2) is 42.5 Å². The molecular formula is C23H25NO6. The van der Waals surface area contributed by atoms with E-state index in [0.717, 1.165) is 12.0 Å². The van der Waals surface area contributed by atoms with Crippen molar-refractivity contribution >= 4 is 17.7 Å². The Morgan fingerprint density at radius 1 is 1.07 bits per heavy atom. The minimum atomic E-state index is -0.909. The first-order chi connectivity index (χ1) is 14.4. The summed E-state index contributed by atoms with van der Waals surface area (Å²) in [5, 5.41) is 0. The molecule has 0 radical (unpaired) electrons. The number of fused-ring (bicyclic) bond motifs is 1. The van der Waals surface area contributed by atoms with Crippen molar-refractivity contribution in [3.63, 3.8) is 0 Å². The number of carbonyl (C=O) groups is 3. The zero-order valence-corrected chi connectivity index (χ0v) is 17.3. The molecule has 1 aliphatic heterocycles. The lowest BCUT2D eigenvalue weighted by molar-refractivity contribution is -0.161. The highest BCUT2D eigenvalue weighted by Gasteiger charge is 2.27. The number of amides is 1. The average Bonchev–Trinajstić information content (AvgIpc) is 2.76. The second-order valence-electron chi connectivity index (χ2n) is 7.12. The third-order valence-electron chi connectivity index (χ3n) is 5.01. The van der Waals surface area contributed by atoms with Gasteiger partial charge in [-0.15, -0.1) is 0 Å². The largest absolute Gasteiger partial charge is 0.493 e. The first-order valence-corrected chi connectivity index (χ1v) is 9.76. The number of methoxy groups -OCH3 is 1. The van der Waals surface area contributed by atoms with Crippen molar-refractivity contribution < 1.29 is 28.6 Å². The molecule has 2 aromatic rings. The Kier molecular flexibility index (Phi) is 6.72. The monoisotopic (exact) mass is 411 g/mol. The molecule has 1 heterocycles. The van der Waals surface area contributed by atoms with Crippen molar-refractivity contribution in [1.29, 1.82) is 0 Å². The molecule has 2 aromatic carbocycles. The Morgan fingerprint density at radius 2 is 1.80 bits per heavy atom. The van der Waals surface area contributed by atoms with Crippen molar-refractivity contribution in [2.24, 2.45) is 0 Å². The van der Waals surface area contributed by atoms with Gasteiger partial charge in [0.05, 0.1) is 7.11 Å². The second-order valence-corrected chi connectivity index (χ2v) is 7.12. The Morgan fingerprint density at radius 3 is 2.50 bits per heavy atom. The molecule has 158 valence electrons. The van der Waals surface area contributed by atoms with Crippen LogP contribution in [0.2, 0.25) is 0 Å². The molecule has 0 saturated heterocycles. The lowest BCUT2D eigenvalue weighted by atomic mass is 9.99. The average molecular weight is 411 g/mol. The molecule has 0 aromatic heterocycles. The van der Waals surface area contributed by atoms with Gasteiger partial charge < -0.3 is 19.1 Å². The van der Waals surface area contributed by atoms with Crippen LogP contribution >= 0.6 is 0 Å². The molecule has 0 N–H and O–H groups in total. The third-order valence-corrected chi connectivity index (χ3v) is 5.01. The number of Topliss-reactive ketones (excluding diaryl/α,β-unsaturated/α-hetero) is 1. The predicted octanol–water partition coefficient (Wildman–Crippen LogP) is 2.79. The lowest BCUT2D eigenvalue weighted by Gasteiger charge is -2.30. The number of carbonyl (C=O) groups excluding carboxylic acids is 3. The number of nitrogens with zero attached hydrogens (tertiary/aromatic N) is 1. The van der Waals surface area contributed by atoms with E-state index in [2.05, 4.69) is 6.07 Å². The van der Waals surface area contributed by atoms with Gasteiger partial charge in [-0.2, -0.15) is 0 Å². The van der Waals surface area contributed by atoms with E-state index >= 15 is 0 Å². The maximum atomic E-state index is 12.7. The normalized spacial score (nSPS) is 13.8. The van der Waals surface area contributed by atoms with Gasteiger partial charge in [-0.3, -0.25) is 9.59 Å². The maximum absolute atomic E-state index is 12.7. The van der Waals surface area contributed by atoms with Crippen molar-refractivity contribution in [2.45, 2.75) is 32.9 Å². The van der Waals surface area contributed by atoms with E-state index in [0.29, 0.717) is 30.2 Å². The molecule has 0 fully saturated rings. The molecule has 3 rings (SSSR count). The summed E-state index contributed by atoms with van der Waals surface area (Å²) in [6.45, 7) is 3.73. The highest BCUT2D eigenvalue weighted by atomic mass is 16.6. The quantitative estimate of drug-likeness (QED) is 0.515. The summed E-state index contributed by atoms with van der Waals surface area (Å²) >= 11 is 0. The molecule has 0 unspecified atom stereocenters. The van der Waals surface area contributed by atoms with Crippen LogP contribution in [0.3, 0.4) is 0 Å². The Hall–Kier alpha value is -3.35. The van der Waals surface area contributed by atoms with Gasteiger partial charge >= 0.3 is 5.97 Å². The fourth-order valence-corrected chi connectivity index (χ4v) is 3.37. The number of ether oxygens (including phenoxy) is 3. The van der Waals surface area contributed by atoms with Gasteiger partial charge in [0.2, 0.25) is 0 Å². The molecule has 1 aliphatic rings. The first kappa shape index (κ1) is 21.4. The van der Waals surface area contributed by atoms with Gasteiger partial charge in [0, 0.05) is 18.7 Å². The van der Waals surface area contributed by atoms with Crippen LogP contribution in [0.5, 0.6) is 11.5 Å². The van der Waals surface area contributed by atoms with Crippen LogP contribution in [-0.2, 0) is 27.3 Å². The topological polar surface area (TPSA) is 82.1 Å². The van der Waals surface area contributed by atoms with Crippen molar-refractivity contribution in [3.05, 3.63) is 59.2 Å². The van der Waals surface area contributed by atoms with Crippen LogP contribution in [0.25, 0.3) is 0 Å². The number of esters is 1. The van der Waals surface area contributed by atoms with E-state index in [-0.39, 0.29) is 18.3 Å². The number of benzene rings is 2. The lowest BCUT2D eigenvalue weighted by Crippen LogP contribution is -2.43. The fraction of sp³-hybridized carbons (Fsp3) is 0.348. The Labute approximate surface area is 175 Å². The second kappa shape index (κ2) is 9.43. The highest BCUT2D eigenvalue weighted by molar-refractivity contribution is 5.94. The minimum absolute atomic E-state index is 0.105. The SMILES string of the molecule is COc1cc(C(C)=O)ccc1OCC(=O)O[C@@H](C)C(=O)N1CCc2ccccc2C1. The van der Waals surface area contributed by atoms with Gasteiger partial charge in [0.1, 0.15) is 0 Å². The smallest absolute Gasteiger partial charge is 0.344 e. The minimum Gasteiger partial charge on any atom is -0.493 e. The molecular weight excluding hydrogens is 386 g/mol. The standard InChI is InChI=1S/C23H25NO6/c1-15(25)18-8-9-20(21(12-18)28-3)29-14-22(26)30-16(2)23(27)24-11-10-17-6-4-5-7-19(17)13-24/h4-9,12,16H,10-11,13-14H2,1-3H3/t16-/m0/s1. The van der Waals surface area contributed by atoms with E-state index in [1.54, 1.807) is 30.0 Å². The van der Waals surface area contributed by atoms with Gasteiger partial charge in [0.15, 0.2) is 30.0 Å². The van der Waals surface area contributed by atoms with Gasteiger partial charge in [-0.05, 0) is 49.6 Å². The van der Waals surface area contributed by atoms with E-state index < -0.39 is 12.1 Å². The van der Waals surface area contributed by atoms with Crippen molar-refractivity contribution in [1.82, 2.24) is 4.90 Å². The number of hydrogen-bond acceptors (Lipinski definition) is 6. The summed E-state index contributed by atoms with van der Waals surface area (Å²) in [7, 11) is 1.45. The van der Waals surface area contributed by atoms with Crippen LogP contribution in [0, 0.1) is 0 Å². The summed E-state index contributed by atoms with van der Waals surface area (Å²) < 4.78 is 15.9. The van der Waals surface area contributed by atoms with Crippen LogP contribution in [0.4, 0.5) is 0 Å². The fourth-order valence-electron chi connectivity index (χ4n) is 3.37. The zero-order chi connectivity index (χ0) is 21.7. The third kappa shape index (κ3) is 4.97. The van der Waals surface area contributed by atoms with Crippen LogP contribution in [-0.4, -0.2) is 48.9 Å². The van der Waals surface area contributed by atoms with Crippen molar-refractivity contribution in [2.75, 3.05) is 20.3 Å². The summed E-state index contributed by atoms with van der Waals surface area (Å²) in [4.78, 5) is 38.0. The van der Waals surface area contributed by atoms with Gasteiger partial charge in [0.25, 0.3) is 5.91 Å². The molecule has 7 heteroatoms.